The van der Waals surface area contributed by atoms with Crippen LogP contribution in [0.3, 0.4) is 0 Å². The van der Waals surface area contributed by atoms with E-state index >= 15 is 0 Å². The predicted octanol–water partition coefficient (Wildman–Crippen LogP) is 2.31. The van der Waals surface area contributed by atoms with Crippen LogP contribution in [0, 0.1) is 11.3 Å². The minimum absolute atomic E-state index is 0.0493. The fourth-order valence-electron chi connectivity index (χ4n) is 2.48. The van der Waals surface area contributed by atoms with Gasteiger partial charge in [0.1, 0.15) is 17.1 Å². The van der Waals surface area contributed by atoms with E-state index in [0.717, 1.165) is 0 Å². The van der Waals surface area contributed by atoms with E-state index in [1.54, 1.807) is 18.2 Å². The van der Waals surface area contributed by atoms with Crippen molar-refractivity contribution in [3.05, 3.63) is 29.1 Å². The number of carbonyl (C=O) groups is 2. The van der Waals surface area contributed by atoms with Gasteiger partial charge in [0.15, 0.2) is 11.5 Å². The summed E-state index contributed by atoms with van der Waals surface area (Å²) < 4.78 is 5.63. The Bertz CT molecular complexity index is 886. The first-order chi connectivity index (χ1) is 12.4. The van der Waals surface area contributed by atoms with Crippen molar-refractivity contribution in [2.45, 2.75) is 37.3 Å². The summed E-state index contributed by atoms with van der Waals surface area (Å²) in [6, 6.07) is 6.19. The Hall–Kier alpha value is -2.30. The highest BCUT2D eigenvalue weighted by Crippen LogP contribution is 2.34. The van der Waals surface area contributed by atoms with Crippen molar-refractivity contribution in [3.63, 3.8) is 0 Å². The molecule has 3 rings (SSSR count). The molecule has 1 aromatic carbocycles. The van der Waals surface area contributed by atoms with E-state index < -0.39 is 17.5 Å². The molecule has 1 aromatic heterocycles. The summed E-state index contributed by atoms with van der Waals surface area (Å²) >= 11 is 11.5. The zero-order valence-electron chi connectivity index (χ0n) is 13.7. The second-order valence-electron chi connectivity index (χ2n) is 6.17. The highest BCUT2D eigenvalue weighted by Gasteiger charge is 2.45. The molecular weight excluding hydrogens is 379 g/mol. The first-order valence-electron chi connectivity index (χ1n) is 8.08. The summed E-state index contributed by atoms with van der Waals surface area (Å²) in [6.07, 6.45) is 1.32. The first kappa shape index (κ1) is 18.5. The molecule has 7 nitrogen and oxygen atoms in total. The minimum Gasteiger partial charge on any atom is -0.441 e. The molecule has 2 N–H and O–H groups in total. The zero-order chi connectivity index (χ0) is 18.7. The summed E-state index contributed by atoms with van der Waals surface area (Å²) in [4.78, 5) is 28.8. The lowest BCUT2D eigenvalue weighted by molar-refractivity contribution is -0.129. The molecule has 0 spiro atoms. The average Bonchev–Trinajstić information content (AvgIpc) is 3.25. The van der Waals surface area contributed by atoms with E-state index in [1.807, 2.05) is 0 Å². The standard InChI is InChI=1S/C17H16Cl2N4O3/c18-6-3-14(24)21-12(16(25)23-17(9-20)4-5-17)8-15-22-11-7-10(19)1-2-13(11)26-15/h1-2,7,12H,3-6,8H2,(H,21,24)(H,23,25)/t12-/m0/s1. The number of rotatable bonds is 7. The van der Waals surface area contributed by atoms with Crippen molar-refractivity contribution in [2.24, 2.45) is 0 Å². The molecule has 1 atom stereocenters. The smallest absolute Gasteiger partial charge is 0.244 e. The van der Waals surface area contributed by atoms with Gasteiger partial charge >= 0.3 is 0 Å². The zero-order valence-corrected chi connectivity index (χ0v) is 15.2. The van der Waals surface area contributed by atoms with Gasteiger partial charge < -0.3 is 15.1 Å². The third-order valence-corrected chi connectivity index (χ3v) is 4.50. The molecule has 1 heterocycles. The van der Waals surface area contributed by atoms with Gasteiger partial charge in [0.25, 0.3) is 0 Å². The first-order valence-corrected chi connectivity index (χ1v) is 8.99. The minimum atomic E-state index is -0.917. The molecule has 9 heteroatoms. The maximum absolute atomic E-state index is 12.6. The summed E-state index contributed by atoms with van der Waals surface area (Å²) in [7, 11) is 0. The molecule has 0 aliphatic heterocycles. The Kier molecular flexibility index (Phi) is 5.35. The number of nitrogens with one attached hydrogen (secondary N) is 2. The predicted molar refractivity (Wildman–Crippen MR) is 95.7 cm³/mol. The number of alkyl halides is 1. The van der Waals surface area contributed by atoms with Gasteiger partial charge in [-0.3, -0.25) is 9.59 Å². The Labute approximate surface area is 159 Å². The average molecular weight is 395 g/mol. The van der Waals surface area contributed by atoms with Crippen LogP contribution >= 0.6 is 23.2 Å². The van der Waals surface area contributed by atoms with E-state index in [1.165, 1.54) is 0 Å². The molecule has 2 amide bonds. The van der Waals surface area contributed by atoms with E-state index in [-0.39, 0.29) is 30.5 Å². The molecule has 2 aromatic rings. The van der Waals surface area contributed by atoms with Gasteiger partial charge in [0.05, 0.1) is 12.5 Å². The van der Waals surface area contributed by atoms with Gasteiger partial charge in [-0.2, -0.15) is 5.26 Å². The molecule has 0 bridgehead atoms. The Morgan fingerprint density at radius 1 is 1.42 bits per heavy atom. The fourth-order valence-corrected chi connectivity index (χ4v) is 2.82. The number of hydrogen-bond acceptors (Lipinski definition) is 5. The molecular formula is C17H16Cl2N4O3. The van der Waals surface area contributed by atoms with Crippen LogP contribution in [0.15, 0.2) is 22.6 Å². The van der Waals surface area contributed by atoms with Crippen molar-refractivity contribution in [1.82, 2.24) is 15.6 Å². The van der Waals surface area contributed by atoms with Gasteiger partial charge in [0, 0.05) is 17.3 Å². The van der Waals surface area contributed by atoms with Crippen LogP contribution in [0.25, 0.3) is 11.1 Å². The highest BCUT2D eigenvalue weighted by molar-refractivity contribution is 6.31. The molecule has 0 unspecified atom stereocenters. The van der Waals surface area contributed by atoms with Gasteiger partial charge in [-0.1, -0.05) is 11.6 Å². The van der Waals surface area contributed by atoms with Crippen molar-refractivity contribution in [2.75, 3.05) is 5.88 Å². The molecule has 26 heavy (non-hydrogen) atoms. The monoisotopic (exact) mass is 394 g/mol. The maximum atomic E-state index is 12.6. The molecule has 0 radical (unpaired) electrons. The second-order valence-corrected chi connectivity index (χ2v) is 6.98. The van der Waals surface area contributed by atoms with Crippen molar-refractivity contribution in [1.29, 1.82) is 5.26 Å². The molecule has 1 fully saturated rings. The maximum Gasteiger partial charge on any atom is 0.244 e. The molecule has 136 valence electrons. The van der Waals surface area contributed by atoms with E-state index in [4.69, 9.17) is 32.9 Å². The quantitative estimate of drug-likeness (QED) is 0.700. The summed E-state index contributed by atoms with van der Waals surface area (Å²) in [5.41, 5.74) is 0.266. The normalized spacial score (nSPS) is 15.9. The van der Waals surface area contributed by atoms with Gasteiger partial charge in [0.2, 0.25) is 11.8 Å². The van der Waals surface area contributed by atoms with Crippen LogP contribution in [0.5, 0.6) is 0 Å². The number of benzene rings is 1. The summed E-state index contributed by atoms with van der Waals surface area (Å²) in [5.74, 6) is -0.382. The number of nitrogens with zero attached hydrogens (tertiary/aromatic N) is 2. The molecule has 1 aliphatic rings. The van der Waals surface area contributed by atoms with E-state index in [9.17, 15) is 9.59 Å². The number of halogens is 2. The number of fused-ring (bicyclic) bond motifs is 1. The van der Waals surface area contributed by atoms with Gasteiger partial charge in [-0.05, 0) is 31.0 Å². The number of aromatic nitrogens is 1. The summed E-state index contributed by atoms with van der Waals surface area (Å²) in [5, 5.41) is 15.0. The lowest BCUT2D eigenvalue weighted by Crippen LogP contribution is -2.51. The second kappa shape index (κ2) is 7.52. The van der Waals surface area contributed by atoms with E-state index in [2.05, 4.69) is 21.7 Å². The molecule has 1 saturated carbocycles. The third-order valence-electron chi connectivity index (χ3n) is 4.07. The van der Waals surface area contributed by atoms with Gasteiger partial charge in [-0.15, -0.1) is 11.6 Å². The Balaban J connectivity index is 1.78. The van der Waals surface area contributed by atoms with Gasteiger partial charge in [-0.25, -0.2) is 4.98 Å². The molecule has 0 saturated heterocycles. The van der Waals surface area contributed by atoms with E-state index in [0.29, 0.717) is 29.0 Å². The Morgan fingerprint density at radius 3 is 2.85 bits per heavy atom. The number of hydrogen-bond donors (Lipinski definition) is 2. The van der Waals surface area contributed by atoms with Crippen molar-refractivity contribution in [3.8, 4) is 6.07 Å². The lowest BCUT2D eigenvalue weighted by Gasteiger charge is -2.19. The van der Waals surface area contributed by atoms with Crippen molar-refractivity contribution >= 4 is 46.1 Å². The third kappa shape index (κ3) is 4.26. The highest BCUT2D eigenvalue weighted by atomic mass is 35.5. The van der Waals surface area contributed by atoms with Crippen LogP contribution in [0.2, 0.25) is 5.02 Å². The van der Waals surface area contributed by atoms with Crippen LogP contribution < -0.4 is 10.6 Å². The molecule has 1 aliphatic carbocycles. The van der Waals surface area contributed by atoms with Crippen LogP contribution in [0.1, 0.15) is 25.2 Å². The van der Waals surface area contributed by atoms with Crippen LogP contribution in [0.4, 0.5) is 0 Å². The Morgan fingerprint density at radius 2 is 2.19 bits per heavy atom. The fraction of sp³-hybridized carbons (Fsp3) is 0.412. The largest absolute Gasteiger partial charge is 0.441 e. The van der Waals surface area contributed by atoms with Crippen LogP contribution in [-0.2, 0) is 16.0 Å². The number of oxazole rings is 1. The number of carbonyl (C=O) groups excluding carboxylic acids is 2. The summed E-state index contributed by atoms with van der Waals surface area (Å²) in [6.45, 7) is 0. The van der Waals surface area contributed by atoms with Crippen molar-refractivity contribution < 1.29 is 14.0 Å². The number of nitriles is 1. The number of amides is 2. The topological polar surface area (TPSA) is 108 Å². The lowest BCUT2D eigenvalue weighted by atomic mass is 10.1. The SMILES string of the molecule is N#CC1(NC(=O)[C@H](Cc2nc3cc(Cl)ccc3o2)NC(=O)CCCl)CC1. The van der Waals surface area contributed by atoms with Crippen LogP contribution in [-0.4, -0.2) is 34.3 Å².